The molecule has 3 aliphatic rings. The zero-order valence-corrected chi connectivity index (χ0v) is 50.5. The maximum absolute atomic E-state index is 13.4. The number of hydrogen-bond donors (Lipinski definition) is 12. The Morgan fingerprint density at radius 1 is 0.427 bits per heavy atom. The van der Waals surface area contributed by atoms with Gasteiger partial charge in [0.15, 0.2) is 18.9 Å². The predicted molar refractivity (Wildman–Crippen MR) is 314 cm³/mol. The second-order valence-electron chi connectivity index (χ2n) is 23.6. The van der Waals surface area contributed by atoms with E-state index in [1.165, 1.54) is 167 Å². The molecule has 0 radical (unpaired) electrons. The van der Waals surface area contributed by atoms with Gasteiger partial charge in [0.1, 0.15) is 73.2 Å². The molecule has 0 spiro atoms. The number of nitrogens with one attached hydrogen (secondary N) is 1. The van der Waals surface area contributed by atoms with Gasteiger partial charge >= 0.3 is 0 Å². The Morgan fingerprint density at radius 3 is 1.22 bits per heavy atom. The molecule has 0 bridgehead atoms. The molecule has 0 aliphatic carbocycles. The molecule has 3 rings (SSSR count). The fourth-order valence-electron chi connectivity index (χ4n) is 11.1. The van der Waals surface area contributed by atoms with Crippen LogP contribution in [-0.4, -0.2) is 193 Å². The highest BCUT2D eigenvalue weighted by Crippen LogP contribution is 2.33. The molecule has 12 N–H and O–H groups in total. The van der Waals surface area contributed by atoms with Gasteiger partial charge in [0.2, 0.25) is 5.91 Å². The molecule has 3 heterocycles. The molecule has 3 fully saturated rings. The highest BCUT2D eigenvalue weighted by atomic mass is 16.8. The Balaban J connectivity index is 1.49. The standard InChI is InChI=1S/C63H117NO18/c1-3-5-7-9-11-13-15-17-19-21-22-23-25-26-28-30-32-34-36-38-40-47(68)46(64-51(69)41-39-37-35-33-31-29-27-24-20-18-16-14-12-10-8-6-4-2)45-77-61-57(75)54(72)59(49(43-66)79-61)82-63-58(76)55(73)60(50(44-67)80-63)81-62-56(74)53(71)52(70)48(42-65)78-62/h30,32,38,40,46-50,52-63,65-68,70-76H,3-29,31,33-37,39,41-45H2,1-2H3,(H,64,69)/b32-30+,40-38+. The first-order chi connectivity index (χ1) is 39.8. The predicted octanol–water partition coefficient (Wildman–Crippen LogP) is 7.10. The molecular formula is C63H117NO18. The Hall–Kier alpha value is -1.73. The molecule has 0 aromatic carbocycles. The second-order valence-corrected chi connectivity index (χ2v) is 23.6. The summed E-state index contributed by atoms with van der Waals surface area (Å²) in [6.07, 6.45) is 23.0. The lowest BCUT2D eigenvalue weighted by Gasteiger charge is -2.48. The van der Waals surface area contributed by atoms with Crippen LogP contribution in [0.1, 0.15) is 239 Å². The van der Waals surface area contributed by atoms with E-state index in [1.54, 1.807) is 6.08 Å². The van der Waals surface area contributed by atoms with E-state index in [0.29, 0.717) is 12.8 Å². The molecule has 3 saturated heterocycles. The van der Waals surface area contributed by atoms with Crippen molar-refractivity contribution in [1.29, 1.82) is 0 Å². The summed E-state index contributed by atoms with van der Waals surface area (Å²) in [5.74, 6) is -0.282. The van der Waals surface area contributed by atoms with Crippen molar-refractivity contribution in [3.63, 3.8) is 0 Å². The Kier molecular flexibility index (Phi) is 42.2. The van der Waals surface area contributed by atoms with Crippen LogP contribution in [0.25, 0.3) is 0 Å². The molecule has 0 aromatic rings. The van der Waals surface area contributed by atoms with Crippen LogP contribution in [-0.2, 0) is 33.2 Å². The molecule has 1 amide bonds. The van der Waals surface area contributed by atoms with Gasteiger partial charge in [-0.2, -0.15) is 0 Å². The number of carbonyl (C=O) groups is 1. The molecule has 0 aromatic heterocycles. The van der Waals surface area contributed by atoms with Gasteiger partial charge in [-0.1, -0.05) is 224 Å². The maximum atomic E-state index is 13.4. The van der Waals surface area contributed by atoms with Crippen LogP contribution in [0.15, 0.2) is 24.3 Å². The summed E-state index contributed by atoms with van der Waals surface area (Å²) in [4.78, 5) is 13.4. The fourth-order valence-corrected chi connectivity index (χ4v) is 11.1. The molecular weight excluding hydrogens is 1060 g/mol. The normalized spacial score (nSPS) is 29.7. The minimum Gasteiger partial charge on any atom is -0.394 e. The van der Waals surface area contributed by atoms with Crippen molar-refractivity contribution in [3.05, 3.63) is 24.3 Å². The molecule has 0 saturated carbocycles. The van der Waals surface area contributed by atoms with Crippen LogP contribution >= 0.6 is 0 Å². The van der Waals surface area contributed by atoms with Crippen LogP contribution in [0.2, 0.25) is 0 Å². The van der Waals surface area contributed by atoms with Crippen molar-refractivity contribution < 1.29 is 89.4 Å². The Labute approximate surface area is 492 Å². The van der Waals surface area contributed by atoms with Gasteiger partial charge in [-0.25, -0.2) is 0 Å². The van der Waals surface area contributed by atoms with Crippen molar-refractivity contribution in [2.24, 2.45) is 0 Å². The summed E-state index contributed by atoms with van der Waals surface area (Å²) in [5, 5.41) is 120. The van der Waals surface area contributed by atoms with Gasteiger partial charge in [-0.3, -0.25) is 4.79 Å². The zero-order valence-electron chi connectivity index (χ0n) is 50.5. The lowest BCUT2D eigenvalue weighted by atomic mass is 9.96. The highest BCUT2D eigenvalue weighted by Gasteiger charge is 2.53. The van der Waals surface area contributed by atoms with Crippen LogP contribution in [0.3, 0.4) is 0 Å². The van der Waals surface area contributed by atoms with Crippen molar-refractivity contribution in [1.82, 2.24) is 5.32 Å². The average Bonchev–Trinajstić information content (AvgIpc) is 3.17. The lowest BCUT2D eigenvalue weighted by Crippen LogP contribution is -2.66. The van der Waals surface area contributed by atoms with E-state index in [-0.39, 0.29) is 18.9 Å². The van der Waals surface area contributed by atoms with Gasteiger partial charge in [0.05, 0.1) is 38.6 Å². The van der Waals surface area contributed by atoms with E-state index >= 15 is 0 Å². The third kappa shape index (κ3) is 29.3. The monoisotopic (exact) mass is 1180 g/mol. The summed E-state index contributed by atoms with van der Waals surface area (Å²) < 4.78 is 34.3. The van der Waals surface area contributed by atoms with Gasteiger partial charge in [-0.05, 0) is 32.1 Å². The second kappa shape index (κ2) is 46.4. The smallest absolute Gasteiger partial charge is 0.220 e. The van der Waals surface area contributed by atoms with Gasteiger partial charge in [0.25, 0.3) is 0 Å². The van der Waals surface area contributed by atoms with E-state index in [9.17, 15) is 61.0 Å². The van der Waals surface area contributed by atoms with E-state index in [0.717, 1.165) is 38.5 Å². The molecule has 17 atom stereocenters. The van der Waals surface area contributed by atoms with Gasteiger partial charge < -0.3 is 89.9 Å². The number of aliphatic hydroxyl groups is 11. The number of ether oxygens (including phenoxy) is 6. The number of amides is 1. The summed E-state index contributed by atoms with van der Waals surface area (Å²) in [7, 11) is 0. The molecule has 17 unspecified atom stereocenters. The van der Waals surface area contributed by atoms with Crippen molar-refractivity contribution in [2.75, 3.05) is 26.4 Å². The van der Waals surface area contributed by atoms with E-state index in [4.69, 9.17) is 28.4 Å². The lowest BCUT2D eigenvalue weighted by molar-refractivity contribution is -0.379. The topological polar surface area (TPSA) is 307 Å². The summed E-state index contributed by atoms with van der Waals surface area (Å²) in [6.45, 7) is 1.73. The first kappa shape index (κ1) is 74.5. The zero-order chi connectivity index (χ0) is 59.7. The number of unbranched alkanes of at least 4 members (excludes halogenated alkanes) is 31. The summed E-state index contributed by atoms with van der Waals surface area (Å²) in [6, 6.07) is -0.985. The number of allylic oxidation sites excluding steroid dienone is 3. The summed E-state index contributed by atoms with van der Waals surface area (Å²) in [5.41, 5.74) is 0. The first-order valence-electron chi connectivity index (χ1n) is 32.6. The van der Waals surface area contributed by atoms with Crippen LogP contribution in [0.4, 0.5) is 0 Å². The SMILES string of the molecule is CCCCCCCCCCCCCCCC/C=C/CC/C=C/C(O)C(COC1OC(CO)C(OC2OC(CO)C(OC3OC(CO)C(O)C(O)C3O)C(O)C2O)C(O)C1O)NC(=O)CCCCCCCCCCCCCCCCCCC. The Bertz CT molecular complexity index is 1590. The van der Waals surface area contributed by atoms with E-state index < -0.39 is 124 Å². The first-order valence-corrected chi connectivity index (χ1v) is 32.6. The van der Waals surface area contributed by atoms with E-state index in [2.05, 4.69) is 31.3 Å². The molecule has 19 heteroatoms. The van der Waals surface area contributed by atoms with E-state index in [1.807, 2.05) is 6.08 Å². The Morgan fingerprint density at radius 2 is 0.780 bits per heavy atom. The fraction of sp³-hybridized carbons (Fsp3) is 0.921. The minimum atomic E-state index is -1.98. The average molecular weight is 1180 g/mol. The number of carbonyl (C=O) groups excluding carboxylic acids is 1. The van der Waals surface area contributed by atoms with Crippen molar-refractivity contribution >= 4 is 5.91 Å². The molecule has 19 nitrogen and oxygen atoms in total. The molecule has 3 aliphatic heterocycles. The van der Waals surface area contributed by atoms with Crippen LogP contribution < -0.4 is 5.32 Å². The third-order valence-electron chi connectivity index (χ3n) is 16.5. The largest absolute Gasteiger partial charge is 0.394 e. The molecule has 482 valence electrons. The third-order valence-corrected chi connectivity index (χ3v) is 16.5. The van der Waals surface area contributed by atoms with Gasteiger partial charge in [-0.15, -0.1) is 0 Å². The van der Waals surface area contributed by atoms with Crippen LogP contribution in [0, 0.1) is 0 Å². The molecule has 82 heavy (non-hydrogen) atoms. The highest BCUT2D eigenvalue weighted by molar-refractivity contribution is 5.76. The van der Waals surface area contributed by atoms with Crippen molar-refractivity contribution in [3.8, 4) is 0 Å². The quantitative estimate of drug-likeness (QED) is 0.0213. The number of aliphatic hydroxyl groups excluding tert-OH is 11. The number of rotatable bonds is 49. The van der Waals surface area contributed by atoms with Gasteiger partial charge in [0, 0.05) is 6.42 Å². The number of hydrogen-bond acceptors (Lipinski definition) is 18. The minimum absolute atomic E-state index is 0.240. The van der Waals surface area contributed by atoms with Crippen LogP contribution in [0.5, 0.6) is 0 Å². The maximum Gasteiger partial charge on any atom is 0.220 e. The van der Waals surface area contributed by atoms with Crippen molar-refractivity contribution in [2.45, 2.75) is 343 Å². The summed E-state index contributed by atoms with van der Waals surface area (Å²) >= 11 is 0.